The van der Waals surface area contributed by atoms with E-state index in [-0.39, 0.29) is 0 Å². The van der Waals surface area contributed by atoms with Crippen molar-refractivity contribution in [1.29, 1.82) is 0 Å². The van der Waals surface area contributed by atoms with E-state index >= 15 is 0 Å². The summed E-state index contributed by atoms with van der Waals surface area (Å²) in [5, 5.41) is 4.89. The normalized spacial score (nSPS) is 22.6. The van der Waals surface area contributed by atoms with E-state index in [2.05, 4.69) is 36.1 Å². The minimum Gasteiger partial charge on any atom is -0.307 e. The van der Waals surface area contributed by atoms with Gasteiger partial charge in [-0.1, -0.05) is 6.92 Å². The third-order valence-electron chi connectivity index (χ3n) is 3.04. The Morgan fingerprint density at radius 2 is 2.38 bits per heavy atom. The second-order valence-corrected chi connectivity index (χ2v) is 5.69. The highest BCUT2D eigenvalue weighted by Crippen LogP contribution is 2.27. The lowest BCUT2D eigenvalue weighted by atomic mass is 10.1. The van der Waals surface area contributed by atoms with Gasteiger partial charge < -0.3 is 10.2 Å². The summed E-state index contributed by atoms with van der Waals surface area (Å²) in [5.41, 5.74) is 1.22. The van der Waals surface area contributed by atoms with Gasteiger partial charge in [-0.3, -0.25) is 0 Å². The smallest absolute Gasteiger partial charge is 0.0931 e. The second kappa shape index (κ2) is 5.25. The number of aromatic nitrogens is 1. The van der Waals surface area contributed by atoms with Gasteiger partial charge in [-0.15, -0.1) is 11.3 Å². The Morgan fingerprint density at radius 3 is 3.06 bits per heavy atom. The molecule has 1 aromatic heterocycles. The lowest BCUT2D eigenvalue weighted by molar-refractivity contribution is 0.242. The first kappa shape index (κ1) is 12.0. The average molecular weight is 239 g/mol. The topological polar surface area (TPSA) is 28.2 Å². The molecule has 2 heterocycles. The molecule has 0 aromatic carbocycles. The number of hydrogen-bond donors (Lipinski definition) is 1. The minimum atomic E-state index is 0.488. The fraction of sp³-hybridized carbons (Fsp3) is 0.750. The first-order chi connectivity index (χ1) is 7.70. The summed E-state index contributed by atoms with van der Waals surface area (Å²) in [6.07, 6.45) is 2.30. The molecule has 1 saturated heterocycles. The molecule has 1 aliphatic heterocycles. The fourth-order valence-electron chi connectivity index (χ4n) is 2.18. The van der Waals surface area contributed by atoms with Gasteiger partial charge in [0.15, 0.2) is 0 Å². The summed E-state index contributed by atoms with van der Waals surface area (Å²) < 4.78 is 0. The standard InChI is InChI=1S/C12H21N3S/c1-4-5-11-14-9(2)12(16-11)10-8-15(3)7-6-13-10/h10,13H,4-8H2,1-3H3. The summed E-state index contributed by atoms with van der Waals surface area (Å²) >= 11 is 1.89. The van der Waals surface area contributed by atoms with Gasteiger partial charge in [-0.25, -0.2) is 4.98 Å². The van der Waals surface area contributed by atoms with E-state index in [1.165, 1.54) is 22.0 Å². The molecule has 1 fully saturated rings. The van der Waals surface area contributed by atoms with Gasteiger partial charge in [0, 0.05) is 24.5 Å². The molecule has 0 spiro atoms. The lowest BCUT2D eigenvalue weighted by Gasteiger charge is -2.30. The number of nitrogens with one attached hydrogen (secondary N) is 1. The second-order valence-electron chi connectivity index (χ2n) is 4.58. The Labute approximate surface area is 102 Å². The van der Waals surface area contributed by atoms with Crippen LogP contribution in [0.5, 0.6) is 0 Å². The number of aryl methyl sites for hydroxylation is 2. The molecule has 0 saturated carbocycles. The highest BCUT2D eigenvalue weighted by molar-refractivity contribution is 7.11. The zero-order chi connectivity index (χ0) is 11.5. The van der Waals surface area contributed by atoms with Crippen LogP contribution in [-0.2, 0) is 6.42 Å². The van der Waals surface area contributed by atoms with Gasteiger partial charge >= 0.3 is 0 Å². The van der Waals surface area contributed by atoms with Crippen LogP contribution in [0, 0.1) is 6.92 Å². The first-order valence-electron chi connectivity index (χ1n) is 6.08. The molecular weight excluding hydrogens is 218 g/mol. The Bertz CT molecular complexity index is 348. The van der Waals surface area contributed by atoms with Crippen molar-refractivity contribution in [3.8, 4) is 0 Å². The maximum atomic E-state index is 4.66. The van der Waals surface area contributed by atoms with Crippen LogP contribution in [0.4, 0.5) is 0 Å². The molecule has 1 unspecified atom stereocenters. The molecule has 1 atom stereocenters. The highest BCUT2D eigenvalue weighted by atomic mass is 32.1. The van der Waals surface area contributed by atoms with Gasteiger partial charge in [-0.2, -0.15) is 0 Å². The summed E-state index contributed by atoms with van der Waals surface area (Å²) in [5.74, 6) is 0. The van der Waals surface area contributed by atoms with Crippen molar-refractivity contribution in [2.24, 2.45) is 0 Å². The fourth-order valence-corrected chi connectivity index (χ4v) is 3.42. The molecule has 0 bridgehead atoms. The van der Waals surface area contributed by atoms with E-state index in [1.807, 2.05) is 11.3 Å². The van der Waals surface area contributed by atoms with E-state index in [4.69, 9.17) is 0 Å². The Morgan fingerprint density at radius 1 is 1.56 bits per heavy atom. The van der Waals surface area contributed by atoms with E-state index in [1.54, 1.807) is 0 Å². The first-order valence-corrected chi connectivity index (χ1v) is 6.90. The molecule has 2 rings (SSSR count). The van der Waals surface area contributed by atoms with Crippen LogP contribution in [0.25, 0.3) is 0 Å². The molecule has 3 nitrogen and oxygen atoms in total. The number of likely N-dealkylation sites (N-methyl/N-ethyl adjacent to an activating group) is 1. The van der Waals surface area contributed by atoms with E-state index in [0.717, 1.165) is 26.1 Å². The molecule has 1 N–H and O–H groups in total. The van der Waals surface area contributed by atoms with Crippen LogP contribution >= 0.6 is 11.3 Å². The predicted molar refractivity (Wildman–Crippen MR) is 69.1 cm³/mol. The van der Waals surface area contributed by atoms with E-state index < -0.39 is 0 Å². The van der Waals surface area contributed by atoms with Crippen LogP contribution in [0.1, 0.15) is 35.0 Å². The van der Waals surface area contributed by atoms with Crippen molar-refractivity contribution < 1.29 is 0 Å². The summed E-state index contributed by atoms with van der Waals surface area (Å²) in [4.78, 5) is 8.49. The molecular formula is C12H21N3S. The monoisotopic (exact) mass is 239 g/mol. The molecule has 1 aromatic rings. The SMILES string of the molecule is CCCc1nc(C)c(C2CN(C)CCN2)s1. The molecule has 16 heavy (non-hydrogen) atoms. The van der Waals surface area contributed by atoms with E-state index in [0.29, 0.717) is 6.04 Å². The van der Waals surface area contributed by atoms with Gasteiger partial charge in [0.2, 0.25) is 0 Å². The van der Waals surface area contributed by atoms with Crippen molar-refractivity contribution >= 4 is 11.3 Å². The number of nitrogens with zero attached hydrogens (tertiary/aromatic N) is 2. The Balaban J connectivity index is 2.12. The zero-order valence-electron chi connectivity index (χ0n) is 10.4. The van der Waals surface area contributed by atoms with Crippen molar-refractivity contribution in [1.82, 2.24) is 15.2 Å². The van der Waals surface area contributed by atoms with Crippen LogP contribution in [0.2, 0.25) is 0 Å². The van der Waals surface area contributed by atoms with Crippen molar-refractivity contribution in [3.05, 3.63) is 15.6 Å². The van der Waals surface area contributed by atoms with Crippen LogP contribution in [0.3, 0.4) is 0 Å². The van der Waals surface area contributed by atoms with Crippen molar-refractivity contribution in [2.45, 2.75) is 32.7 Å². The molecule has 0 radical (unpaired) electrons. The van der Waals surface area contributed by atoms with Crippen LogP contribution in [-0.4, -0.2) is 36.6 Å². The van der Waals surface area contributed by atoms with Gasteiger partial charge in [0.25, 0.3) is 0 Å². The quantitative estimate of drug-likeness (QED) is 0.874. The summed E-state index contributed by atoms with van der Waals surface area (Å²) in [6.45, 7) is 7.69. The lowest BCUT2D eigenvalue weighted by Crippen LogP contribution is -2.43. The summed E-state index contributed by atoms with van der Waals surface area (Å²) in [6, 6.07) is 0.488. The van der Waals surface area contributed by atoms with Crippen molar-refractivity contribution in [3.63, 3.8) is 0 Å². The molecule has 0 aliphatic carbocycles. The van der Waals surface area contributed by atoms with Gasteiger partial charge in [-0.05, 0) is 26.8 Å². The predicted octanol–water partition coefficient (Wildman–Crippen LogP) is 1.98. The average Bonchev–Trinajstić information content (AvgIpc) is 2.60. The molecule has 90 valence electrons. The van der Waals surface area contributed by atoms with Gasteiger partial charge in [0.05, 0.1) is 16.7 Å². The molecule has 1 aliphatic rings. The number of thiazole rings is 1. The molecule has 0 amide bonds. The van der Waals surface area contributed by atoms with Crippen LogP contribution < -0.4 is 5.32 Å². The number of hydrogen-bond acceptors (Lipinski definition) is 4. The third kappa shape index (κ3) is 2.62. The van der Waals surface area contributed by atoms with Gasteiger partial charge in [0.1, 0.15) is 0 Å². The maximum Gasteiger partial charge on any atom is 0.0931 e. The van der Waals surface area contributed by atoms with E-state index in [9.17, 15) is 0 Å². The van der Waals surface area contributed by atoms with Crippen LogP contribution in [0.15, 0.2) is 0 Å². The Hall–Kier alpha value is -0.450. The largest absolute Gasteiger partial charge is 0.307 e. The number of piperazine rings is 1. The third-order valence-corrected chi connectivity index (χ3v) is 4.37. The Kier molecular flexibility index (Phi) is 3.95. The number of rotatable bonds is 3. The van der Waals surface area contributed by atoms with Crippen molar-refractivity contribution in [2.75, 3.05) is 26.7 Å². The zero-order valence-corrected chi connectivity index (χ0v) is 11.2. The highest BCUT2D eigenvalue weighted by Gasteiger charge is 2.22. The maximum absolute atomic E-state index is 4.66. The summed E-state index contributed by atoms with van der Waals surface area (Å²) in [7, 11) is 2.19. The minimum absolute atomic E-state index is 0.488. The molecule has 4 heteroatoms.